The average Bonchev–Trinajstić information content (AvgIpc) is 3.29. The second-order valence-electron chi connectivity index (χ2n) is 8.78. The van der Waals surface area contributed by atoms with E-state index in [9.17, 15) is 4.79 Å². The monoisotopic (exact) mass is 417 g/mol. The van der Waals surface area contributed by atoms with Crippen LogP contribution < -0.4 is 5.32 Å². The molecule has 3 atom stereocenters. The molecule has 1 aliphatic carbocycles. The minimum Gasteiger partial charge on any atom is -0.349 e. The van der Waals surface area contributed by atoms with Gasteiger partial charge in [0.2, 0.25) is 0 Å². The molecule has 154 valence electrons. The fourth-order valence-corrected chi connectivity index (χ4v) is 5.59. The van der Waals surface area contributed by atoms with Crippen LogP contribution in [0.2, 0.25) is 0 Å². The van der Waals surface area contributed by atoms with Gasteiger partial charge in [-0.15, -0.1) is 0 Å². The van der Waals surface area contributed by atoms with Crippen molar-refractivity contribution in [2.45, 2.75) is 46.1 Å². The number of hydrogen-bond donors (Lipinski definition) is 1. The number of carbonyl (C=O) groups excluding carboxylic acids is 1. The van der Waals surface area contributed by atoms with E-state index < -0.39 is 0 Å². The highest BCUT2D eigenvalue weighted by Gasteiger charge is 2.28. The maximum atomic E-state index is 12.9. The van der Waals surface area contributed by atoms with Gasteiger partial charge in [-0.1, -0.05) is 67.9 Å². The number of aryl methyl sites for hydroxylation is 1. The quantitative estimate of drug-likeness (QED) is 0.439. The third-order valence-electron chi connectivity index (χ3n) is 6.73. The molecular weight excluding hydrogens is 390 g/mol. The molecule has 2 heterocycles. The molecule has 0 spiro atoms. The van der Waals surface area contributed by atoms with Crippen molar-refractivity contribution in [3.8, 4) is 11.3 Å². The molecule has 1 saturated carbocycles. The molecule has 1 amide bonds. The van der Waals surface area contributed by atoms with Crippen molar-refractivity contribution < 1.29 is 4.79 Å². The lowest BCUT2D eigenvalue weighted by Crippen LogP contribution is -2.43. The molecule has 1 aliphatic rings. The maximum absolute atomic E-state index is 12.9. The summed E-state index contributed by atoms with van der Waals surface area (Å²) in [6, 6.07) is 14.7. The van der Waals surface area contributed by atoms with Crippen molar-refractivity contribution in [1.29, 1.82) is 0 Å². The molecule has 0 bridgehead atoms. The molecule has 5 heteroatoms. The van der Waals surface area contributed by atoms with Gasteiger partial charge in [0.15, 0.2) is 4.96 Å². The summed E-state index contributed by atoms with van der Waals surface area (Å²) in [5, 5.41) is 3.29. The standard InChI is InChI=1S/C25H27N3OS/c1-15-7-9-18(10-8-15)21-14-28-22-12-11-19(13-23(22)30-25(28)27-21)24(29)26-20-6-4-5-16(2)17(20)3/h7-14,16-17,20H,4-6H2,1-3H3,(H,26,29). The number of aromatic nitrogens is 2. The minimum absolute atomic E-state index is 0.0363. The predicted octanol–water partition coefficient (Wildman–Crippen LogP) is 6.08. The summed E-state index contributed by atoms with van der Waals surface area (Å²) in [4.78, 5) is 18.7. The van der Waals surface area contributed by atoms with E-state index in [0.29, 0.717) is 11.8 Å². The lowest BCUT2D eigenvalue weighted by Gasteiger charge is -2.34. The predicted molar refractivity (Wildman–Crippen MR) is 124 cm³/mol. The van der Waals surface area contributed by atoms with Crippen molar-refractivity contribution in [2.75, 3.05) is 0 Å². The van der Waals surface area contributed by atoms with Crippen molar-refractivity contribution >= 4 is 32.4 Å². The molecule has 5 rings (SSSR count). The van der Waals surface area contributed by atoms with Gasteiger partial charge in [0, 0.05) is 23.4 Å². The van der Waals surface area contributed by atoms with Gasteiger partial charge < -0.3 is 5.32 Å². The fraction of sp³-hybridized carbons (Fsp3) is 0.360. The number of benzene rings is 2. The Morgan fingerprint density at radius 2 is 1.93 bits per heavy atom. The summed E-state index contributed by atoms with van der Waals surface area (Å²) >= 11 is 1.63. The SMILES string of the molecule is Cc1ccc(-c2cn3c(n2)sc2cc(C(=O)NC4CCCC(C)C4C)ccc23)cc1. The molecule has 2 aromatic heterocycles. The number of carbonyl (C=O) groups is 1. The summed E-state index contributed by atoms with van der Waals surface area (Å²) in [6.07, 6.45) is 5.62. The largest absolute Gasteiger partial charge is 0.349 e. The topological polar surface area (TPSA) is 46.4 Å². The lowest BCUT2D eigenvalue weighted by atomic mass is 9.78. The van der Waals surface area contributed by atoms with Crippen LogP contribution in [0.1, 0.15) is 49.0 Å². The van der Waals surface area contributed by atoms with Crippen molar-refractivity contribution in [3.05, 3.63) is 59.8 Å². The minimum atomic E-state index is 0.0363. The highest BCUT2D eigenvalue weighted by atomic mass is 32.1. The summed E-state index contributed by atoms with van der Waals surface area (Å²) < 4.78 is 3.22. The Morgan fingerprint density at radius 3 is 2.73 bits per heavy atom. The molecular formula is C25H27N3OS. The first kappa shape index (κ1) is 19.3. The molecule has 0 saturated heterocycles. The van der Waals surface area contributed by atoms with E-state index in [4.69, 9.17) is 4.98 Å². The molecule has 0 radical (unpaired) electrons. The van der Waals surface area contributed by atoms with E-state index in [-0.39, 0.29) is 11.9 Å². The third-order valence-corrected chi connectivity index (χ3v) is 7.74. The van der Waals surface area contributed by atoms with Crippen molar-refractivity contribution in [2.24, 2.45) is 11.8 Å². The molecule has 3 unspecified atom stereocenters. The summed E-state index contributed by atoms with van der Waals surface area (Å²) in [5.41, 5.74) is 5.17. The number of thiazole rings is 1. The van der Waals surface area contributed by atoms with Crippen LogP contribution in [0.15, 0.2) is 48.7 Å². The normalized spacial score (nSPS) is 21.9. The third kappa shape index (κ3) is 3.41. The van der Waals surface area contributed by atoms with Gasteiger partial charge in [-0.25, -0.2) is 4.98 Å². The van der Waals surface area contributed by atoms with Crippen LogP contribution in [0.5, 0.6) is 0 Å². The Hall–Kier alpha value is -2.66. The van der Waals surface area contributed by atoms with Gasteiger partial charge in [0.1, 0.15) is 0 Å². The van der Waals surface area contributed by atoms with Gasteiger partial charge in [-0.2, -0.15) is 0 Å². The number of nitrogens with zero attached hydrogens (tertiary/aromatic N) is 2. The number of rotatable bonds is 3. The number of imidazole rings is 1. The molecule has 1 fully saturated rings. The smallest absolute Gasteiger partial charge is 0.251 e. The Labute approximate surface area is 181 Å². The van der Waals surface area contributed by atoms with Crippen LogP contribution in [0.25, 0.3) is 26.4 Å². The van der Waals surface area contributed by atoms with Gasteiger partial charge in [0.25, 0.3) is 5.91 Å². The average molecular weight is 418 g/mol. The van der Waals surface area contributed by atoms with Gasteiger partial charge >= 0.3 is 0 Å². The first-order valence-electron chi connectivity index (χ1n) is 10.8. The number of fused-ring (bicyclic) bond motifs is 3. The molecule has 4 aromatic rings. The lowest BCUT2D eigenvalue weighted by molar-refractivity contribution is 0.0891. The first-order valence-corrected chi connectivity index (χ1v) is 11.6. The van der Waals surface area contributed by atoms with E-state index in [2.05, 4.69) is 61.0 Å². The zero-order chi connectivity index (χ0) is 20.8. The summed E-state index contributed by atoms with van der Waals surface area (Å²) in [5.74, 6) is 1.23. The zero-order valence-electron chi connectivity index (χ0n) is 17.7. The summed E-state index contributed by atoms with van der Waals surface area (Å²) in [7, 11) is 0. The van der Waals surface area contributed by atoms with Crippen LogP contribution in [-0.4, -0.2) is 21.3 Å². The van der Waals surface area contributed by atoms with Crippen LogP contribution in [0, 0.1) is 18.8 Å². The van der Waals surface area contributed by atoms with E-state index in [1.54, 1.807) is 11.3 Å². The molecule has 2 aromatic carbocycles. The van der Waals surface area contributed by atoms with E-state index >= 15 is 0 Å². The molecule has 1 N–H and O–H groups in total. The van der Waals surface area contributed by atoms with Crippen molar-refractivity contribution in [1.82, 2.24) is 14.7 Å². The number of amides is 1. The Morgan fingerprint density at radius 1 is 1.13 bits per heavy atom. The maximum Gasteiger partial charge on any atom is 0.251 e. The van der Waals surface area contributed by atoms with Crippen LogP contribution in [-0.2, 0) is 0 Å². The van der Waals surface area contributed by atoms with Crippen LogP contribution in [0.4, 0.5) is 0 Å². The van der Waals surface area contributed by atoms with E-state index in [1.807, 2.05) is 18.2 Å². The van der Waals surface area contributed by atoms with Crippen LogP contribution >= 0.6 is 11.3 Å². The molecule has 30 heavy (non-hydrogen) atoms. The highest BCUT2D eigenvalue weighted by molar-refractivity contribution is 7.23. The molecule has 4 nitrogen and oxygen atoms in total. The Kier molecular flexibility index (Phi) is 4.86. The number of nitrogens with one attached hydrogen (secondary N) is 1. The van der Waals surface area contributed by atoms with Crippen molar-refractivity contribution in [3.63, 3.8) is 0 Å². The first-order chi connectivity index (χ1) is 14.5. The van der Waals surface area contributed by atoms with E-state index in [0.717, 1.165) is 38.4 Å². The Bertz CT molecular complexity index is 1220. The summed E-state index contributed by atoms with van der Waals surface area (Å²) in [6.45, 7) is 6.64. The van der Waals surface area contributed by atoms with E-state index in [1.165, 1.54) is 18.4 Å². The highest BCUT2D eigenvalue weighted by Crippen LogP contribution is 2.32. The van der Waals surface area contributed by atoms with Gasteiger partial charge in [-0.3, -0.25) is 9.20 Å². The van der Waals surface area contributed by atoms with Crippen LogP contribution in [0.3, 0.4) is 0 Å². The van der Waals surface area contributed by atoms with Gasteiger partial charge in [-0.05, 0) is 43.4 Å². The second kappa shape index (κ2) is 7.55. The number of hydrogen-bond acceptors (Lipinski definition) is 3. The molecule has 0 aliphatic heterocycles. The second-order valence-corrected chi connectivity index (χ2v) is 9.79. The Balaban J connectivity index is 1.42. The van der Waals surface area contributed by atoms with Gasteiger partial charge in [0.05, 0.1) is 15.9 Å². The zero-order valence-corrected chi connectivity index (χ0v) is 18.5. The fourth-order valence-electron chi connectivity index (χ4n) is 4.54.